The molecule has 1 aliphatic rings. The van der Waals surface area contributed by atoms with Gasteiger partial charge in [0.25, 0.3) is 0 Å². The molecule has 8 nitrogen and oxygen atoms in total. The maximum Gasteiger partial charge on any atom is 0.247 e. The first-order chi connectivity index (χ1) is 18.6. The number of nitrogens with one attached hydrogen (secondary N) is 1. The maximum atomic E-state index is 13.2. The monoisotopic (exact) mass is 526 g/mol. The predicted octanol–water partition coefficient (Wildman–Crippen LogP) is 5.57. The second-order valence-corrected chi connectivity index (χ2v) is 9.62. The van der Waals surface area contributed by atoms with E-state index < -0.39 is 0 Å². The lowest BCUT2D eigenvalue weighted by molar-refractivity contribution is -0.128. The number of hydrogen-bond acceptors (Lipinski definition) is 7. The van der Waals surface area contributed by atoms with Crippen molar-refractivity contribution in [2.45, 2.75) is 19.4 Å². The minimum atomic E-state index is -0.247. The van der Waals surface area contributed by atoms with Crippen LogP contribution in [0, 0.1) is 0 Å². The average Bonchev–Trinajstić information content (AvgIpc) is 3.62. The third-order valence-corrected chi connectivity index (χ3v) is 7.01. The van der Waals surface area contributed by atoms with Crippen LogP contribution in [-0.4, -0.2) is 40.2 Å². The smallest absolute Gasteiger partial charge is 0.247 e. The molecule has 1 aliphatic heterocycles. The number of hydrogen-bond donors (Lipinski definition) is 1. The van der Waals surface area contributed by atoms with Gasteiger partial charge in [0.05, 0.1) is 6.04 Å². The van der Waals surface area contributed by atoms with Gasteiger partial charge in [0.15, 0.2) is 11.5 Å². The number of carbonyl (C=O) groups excluding carboxylic acids is 2. The van der Waals surface area contributed by atoms with Crippen LogP contribution in [0.3, 0.4) is 0 Å². The Morgan fingerprint density at radius 2 is 1.74 bits per heavy atom. The van der Waals surface area contributed by atoms with Gasteiger partial charge in [0, 0.05) is 24.6 Å². The lowest BCUT2D eigenvalue weighted by atomic mass is 10.1. The summed E-state index contributed by atoms with van der Waals surface area (Å²) in [7, 11) is 0. The highest BCUT2D eigenvalue weighted by Crippen LogP contribution is 2.37. The van der Waals surface area contributed by atoms with Gasteiger partial charge in [-0.2, -0.15) is 0 Å². The van der Waals surface area contributed by atoms with E-state index >= 15 is 0 Å². The molecule has 1 aromatic heterocycles. The van der Waals surface area contributed by atoms with Crippen LogP contribution >= 0.6 is 11.3 Å². The zero-order chi connectivity index (χ0) is 26.3. The van der Waals surface area contributed by atoms with E-state index in [4.69, 9.17) is 9.47 Å². The molecule has 2 heterocycles. The quantitative estimate of drug-likeness (QED) is 0.287. The van der Waals surface area contributed by atoms with Crippen LogP contribution < -0.4 is 14.8 Å². The van der Waals surface area contributed by atoms with Gasteiger partial charge >= 0.3 is 0 Å². The average molecular weight is 527 g/mol. The minimum absolute atomic E-state index is 0.112. The fourth-order valence-corrected chi connectivity index (χ4v) is 4.81. The third kappa shape index (κ3) is 6.07. The van der Waals surface area contributed by atoms with E-state index in [-0.39, 0.29) is 37.6 Å². The lowest BCUT2D eigenvalue weighted by Gasteiger charge is -2.28. The van der Waals surface area contributed by atoms with Crippen molar-refractivity contribution in [1.82, 2.24) is 15.1 Å². The maximum absolute atomic E-state index is 13.2. The van der Waals surface area contributed by atoms with E-state index in [0.29, 0.717) is 21.6 Å². The Morgan fingerprint density at radius 3 is 2.53 bits per heavy atom. The van der Waals surface area contributed by atoms with Gasteiger partial charge in [-0.3, -0.25) is 9.59 Å². The molecule has 0 saturated heterocycles. The summed E-state index contributed by atoms with van der Waals surface area (Å²) in [5.41, 5.74) is 2.75. The molecule has 192 valence electrons. The van der Waals surface area contributed by atoms with Gasteiger partial charge in [-0.25, -0.2) is 0 Å². The van der Waals surface area contributed by atoms with E-state index in [1.54, 1.807) is 17.1 Å². The standard InChI is InChI=1S/C29H26N4O4S/c1-20(22-10-6-3-7-11-22)33(27(35)15-12-21-8-4-2-5-9-21)17-16-26(34)30-29-32-31-28(38-29)23-13-14-24-25(18-23)37-19-36-24/h2-15,18,20H,16-17,19H2,1H3,(H,30,32,34). The molecule has 5 rings (SSSR count). The molecule has 0 spiro atoms. The van der Waals surface area contributed by atoms with Gasteiger partial charge in [0.1, 0.15) is 5.01 Å². The first-order valence-electron chi connectivity index (χ1n) is 12.2. The van der Waals surface area contributed by atoms with Crippen molar-refractivity contribution in [2.75, 3.05) is 18.7 Å². The Morgan fingerprint density at radius 1 is 1.00 bits per heavy atom. The lowest BCUT2D eigenvalue weighted by Crippen LogP contribution is -2.35. The van der Waals surface area contributed by atoms with Crippen molar-refractivity contribution in [2.24, 2.45) is 0 Å². The second kappa shape index (κ2) is 11.7. The minimum Gasteiger partial charge on any atom is -0.454 e. The molecule has 0 radical (unpaired) electrons. The number of benzene rings is 3. The van der Waals surface area contributed by atoms with Crippen molar-refractivity contribution in [3.63, 3.8) is 0 Å². The Balaban J connectivity index is 1.24. The van der Waals surface area contributed by atoms with Crippen LogP contribution in [0.2, 0.25) is 0 Å². The molecule has 0 saturated carbocycles. The van der Waals surface area contributed by atoms with E-state index in [0.717, 1.165) is 16.7 Å². The molecule has 3 aromatic carbocycles. The number of rotatable bonds is 9. The normalized spacial score (nSPS) is 12.9. The molecule has 4 aromatic rings. The van der Waals surface area contributed by atoms with E-state index in [2.05, 4.69) is 15.5 Å². The first kappa shape index (κ1) is 25.2. The van der Waals surface area contributed by atoms with Gasteiger partial charge in [-0.1, -0.05) is 72.0 Å². The number of carbonyl (C=O) groups is 2. The highest BCUT2D eigenvalue weighted by atomic mass is 32.1. The summed E-state index contributed by atoms with van der Waals surface area (Å²) in [6, 6.07) is 24.7. The SMILES string of the molecule is CC(c1ccccc1)N(CCC(=O)Nc1nnc(-c2ccc3c(c2)OCO3)s1)C(=O)C=Cc1ccccc1. The predicted molar refractivity (Wildman–Crippen MR) is 147 cm³/mol. The zero-order valence-corrected chi connectivity index (χ0v) is 21.6. The summed E-state index contributed by atoms with van der Waals surface area (Å²) < 4.78 is 10.8. The fraction of sp³-hybridized carbons (Fsp3) is 0.172. The molecule has 38 heavy (non-hydrogen) atoms. The van der Waals surface area contributed by atoms with Gasteiger partial charge in [-0.15, -0.1) is 10.2 Å². The van der Waals surface area contributed by atoms with Crippen molar-refractivity contribution < 1.29 is 19.1 Å². The third-order valence-electron chi connectivity index (χ3n) is 6.12. The fourth-order valence-electron chi connectivity index (χ4n) is 4.06. The number of ether oxygens (including phenoxy) is 2. The molecule has 1 atom stereocenters. The molecule has 0 bridgehead atoms. The molecule has 1 unspecified atom stereocenters. The van der Waals surface area contributed by atoms with Crippen molar-refractivity contribution in [3.05, 3.63) is 96.1 Å². The summed E-state index contributed by atoms with van der Waals surface area (Å²) in [6.07, 6.45) is 3.45. The number of anilines is 1. The van der Waals surface area contributed by atoms with Gasteiger partial charge < -0.3 is 19.7 Å². The van der Waals surface area contributed by atoms with Crippen molar-refractivity contribution in [3.8, 4) is 22.1 Å². The van der Waals surface area contributed by atoms with Crippen LogP contribution in [0.4, 0.5) is 5.13 Å². The summed E-state index contributed by atoms with van der Waals surface area (Å²) in [5.74, 6) is 0.929. The summed E-state index contributed by atoms with van der Waals surface area (Å²) >= 11 is 1.27. The Hall–Kier alpha value is -4.50. The van der Waals surface area contributed by atoms with Gasteiger partial charge in [-0.05, 0) is 42.3 Å². The van der Waals surface area contributed by atoms with E-state index in [1.807, 2.05) is 85.8 Å². The van der Waals surface area contributed by atoms with Crippen molar-refractivity contribution in [1.29, 1.82) is 0 Å². The van der Waals surface area contributed by atoms with Crippen LogP contribution in [0.15, 0.2) is 84.9 Å². The molecule has 1 N–H and O–H groups in total. The summed E-state index contributed by atoms with van der Waals surface area (Å²) in [4.78, 5) is 27.7. The Labute approximate surface area is 224 Å². The first-order valence-corrected chi connectivity index (χ1v) is 13.0. The molecule has 9 heteroatoms. The largest absolute Gasteiger partial charge is 0.454 e. The number of amides is 2. The molecular formula is C29H26N4O4S. The van der Waals surface area contributed by atoms with E-state index in [9.17, 15) is 9.59 Å². The van der Waals surface area contributed by atoms with Crippen LogP contribution in [-0.2, 0) is 9.59 Å². The van der Waals surface area contributed by atoms with E-state index in [1.165, 1.54) is 11.3 Å². The summed E-state index contributed by atoms with van der Waals surface area (Å²) in [6.45, 7) is 2.40. The van der Waals surface area contributed by atoms with Crippen LogP contribution in [0.25, 0.3) is 16.6 Å². The number of aromatic nitrogens is 2. The van der Waals surface area contributed by atoms with Crippen LogP contribution in [0.1, 0.15) is 30.5 Å². The summed E-state index contributed by atoms with van der Waals surface area (Å²) in [5, 5.41) is 12.2. The Bertz CT molecular complexity index is 1440. The number of nitrogens with zero attached hydrogens (tertiary/aromatic N) is 3. The second-order valence-electron chi connectivity index (χ2n) is 8.64. The number of fused-ring (bicyclic) bond motifs is 1. The van der Waals surface area contributed by atoms with Crippen LogP contribution in [0.5, 0.6) is 11.5 Å². The van der Waals surface area contributed by atoms with Gasteiger partial charge in [0.2, 0.25) is 23.7 Å². The zero-order valence-electron chi connectivity index (χ0n) is 20.7. The molecule has 0 aliphatic carbocycles. The molecule has 0 fully saturated rings. The molecular weight excluding hydrogens is 500 g/mol. The highest BCUT2D eigenvalue weighted by Gasteiger charge is 2.21. The Kier molecular flexibility index (Phi) is 7.75. The van der Waals surface area contributed by atoms with Crippen molar-refractivity contribution >= 4 is 34.4 Å². The topological polar surface area (TPSA) is 93.7 Å². The molecule has 2 amide bonds. The highest BCUT2D eigenvalue weighted by molar-refractivity contribution is 7.18.